The molecule has 0 saturated carbocycles. The number of ether oxygens (including phenoxy) is 1. The van der Waals surface area contributed by atoms with Crippen molar-refractivity contribution >= 4 is 24.7 Å². The summed E-state index contributed by atoms with van der Waals surface area (Å²) in [4.78, 5) is 12.7. The lowest BCUT2D eigenvalue weighted by Gasteiger charge is -2.47. The van der Waals surface area contributed by atoms with E-state index in [4.69, 9.17) is 9.16 Å². The Labute approximate surface area is 192 Å². The van der Waals surface area contributed by atoms with Crippen LogP contribution in [0.3, 0.4) is 0 Å². The molecular weight excluding hydrogens is 412 g/mol. The molecule has 1 aliphatic heterocycles. The molecule has 1 heterocycles. The first kappa shape index (κ1) is 22.5. The molecule has 3 atom stereocenters. The van der Waals surface area contributed by atoms with E-state index < -0.39 is 8.32 Å². The quantitative estimate of drug-likeness (QED) is 0.398. The normalized spacial score (nSPS) is 21.8. The maximum atomic E-state index is 12.7. The van der Waals surface area contributed by atoms with E-state index in [-0.39, 0.29) is 35.6 Å². The van der Waals surface area contributed by atoms with Crippen LogP contribution in [-0.2, 0) is 14.0 Å². The minimum absolute atomic E-state index is 0.0387. The molecule has 4 heteroatoms. The zero-order valence-corrected chi connectivity index (χ0v) is 20.3. The second-order valence-corrected chi connectivity index (χ2v) is 14.0. The third-order valence-corrected chi connectivity index (χ3v) is 11.6. The Morgan fingerprint density at radius 3 is 1.75 bits per heavy atom. The van der Waals surface area contributed by atoms with Crippen LogP contribution in [0.1, 0.15) is 45.8 Å². The fourth-order valence-electron chi connectivity index (χ4n) is 4.92. The molecule has 0 unspecified atom stereocenters. The molecule has 32 heavy (non-hydrogen) atoms. The molecule has 3 nitrogen and oxygen atoms in total. The predicted octanol–water partition coefficient (Wildman–Crippen LogP) is 5.26. The molecule has 0 bridgehead atoms. The minimum atomic E-state index is -2.75. The van der Waals surface area contributed by atoms with E-state index in [0.29, 0.717) is 0 Å². The van der Waals surface area contributed by atoms with Crippen molar-refractivity contribution in [2.45, 2.75) is 51.4 Å². The highest BCUT2D eigenvalue weighted by atomic mass is 28.4. The topological polar surface area (TPSA) is 35.5 Å². The number of cyclic esters (lactones) is 1. The summed E-state index contributed by atoms with van der Waals surface area (Å²) in [5, 5.41) is 2.31. The zero-order chi connectivity index (χ0) is 22.8. The van der Waals surface area contributed by atoms with Crippen molar-refractivity contribution in [3.63, 3.8) is 0 Å². The maximum absolute atomic E-state index is 12.7. The van der Waals surface area contributed by atoms with Gasteiger partial charge in [-0.05, 0) is 21.0 Å². The summed E-state index contributed by atoms with van der Waals surface area (Å²) in [5.74, 6) is -0.156. The summed E-state index contributed by atoms with van der Waals surface area (Å²) in [5.41, 5.74) is 1.02. The number of hydrogen-bond acceptors (Lipinski definition) is 3. The predicted molar refractivity (Wildman–Crippen MR) is 132 cm³/mol. The standard InChI is InChI=1S/C28H32O3Si/c1-21-25(20-26(29)30-27(21)22-14-8-5-9-15-22)31-32(28(2,3)4,23-16-10-6-11-17-23)24-18-12-7-13-19-24/h5-19,21,25,27H,20H2,1-4H3/t21-,25+,27+/m1/s1. The molecule has 0 N–H and O–H groups in total. The lowest BCUT2D eigenvalue weighted by Crippen LogP contribution is -2.68. The summed E-state index contributed by atoms with van der Waals surface area (Å²) in [7, 11) is -2.75. The molecule has 1 fully saturated rings. The number of hydrogen-bond donors (Lipinski definition) is 0. The molecule has 0 radical (unpaired) electrons. The molecular formula is C28H32O3Si. The lowest BCUT2D eigenvalue weighted by molar-refractivity contribution is -0.166. The summed E-state index contributed by atoms with van der Waals surface area (Å²) < 4.78 is 13.1. The van der Waals surface area contributed by atoms with Gasteiger partial charge in [-0.3, -0.25) is 4.79 Å². The van der Waals surface area contributed by atoms with Crippen molar-refractivity contribution in [3.05, 3.63) is 96.6 Å². The van der Waals surface area contributed by atoms with Gasteiger partial charge >= 0.3 is 5.97 Å². The third kappa shape index (κ3) is 4.17. The van der Waals surface area contributed by atoms with Gasteiger partial charge in [0.05, 0.1) is 12.5 Å². The molecule has 1 aliphatic rings. The Morgan fingerprint density at radius 2 is 1.28 bits per heavy atom. The summed E-state index contributed by atoms with van der Waals surface area (Å²) in [6, 6.07) is 31.2. The molecule has 166 valence electrons. The van der Waals surface area contributed by atoms with Crippen molar-refractivity contribution in [2.24, 2.45) is 5.92 Å². The first-order chi connectivity index (χ1) is 15.3. The Hall–Kier alpha value is -2.69. The first-order valence-electron chi connectivity index (χ1n) is 11.4. The smallest absolute Gasteiger partial charge is 0.309 e. The summed E-state index contributed by atoms with van der Waals surface area (Å²) in [6.07, 6.45) is -0.261. The van der Waals surface area contributed by atoms with Gasteiger partial charge in [0.1, 0.15) is 6.10 Å². The van der Waals surface area contributed by atoms with Crippen LogP contribution >= 0.6 is 0 Å². The van der Waals surface area contributed by atoms with Crippen molar-refractivity contribution in [1.29, 1.82) is 0 Å². The van der Waals surface area contributed by atoms with Crippen molar-refractivity contribution in [1.82, 2.24) is 0 Å². The van der Waals surface area contributed by atoms with Crippen molar-refractivity contribution in [3.8, 4) is 0 Å². The molecule has 0 spiro atoms. The van der Waals surface area contributed by atoms with Crippen molar-refractivity contribution in [2.75, 3.05) is 0 Å². The minimum Gasteiger partial charge on any atom is -0.457 e. The van der Waals surface area contributed by atoms with Crippen LogP contribution in [-0.4, -0.2) is 20.4 Å². The van der Waals surface area contributed by atoms with Gasteiger partial charge in [0.2, 0.25) is 0 Å². The number of rotatable bonds is 5. The Morgan fingerprint density at radius 1 is 0.812 bits per heavy atom. The lowest BCUT2D eigenvalue weighted by atomic mass is 9.89. The van der Waals surface area contributed by atoms with Crippen LogP contribution in [0.4, 0.5) is 0 Å². The first-order valence-corrected chi connectivity index (χ1v) is 13.3. The number of esters is 1. The van der Waals surface area contributed by atoms with E-state index in [1.165, 1.54) is 10.4 Å². The van der Waals surface area contributed by atoms with Gasteiger partial charge in [-0.15, -0.1) is 0 Å². The fraction of sp³-hybridized carbons (Fsp3) is 0.321. The molecule has 0 aliphatic carbocycles. The highest BCUT2D eigenvalue weighted by molar-refractivity contribution is 6.99. The van der Waals surface area contributed by atoms with Gasteiger partial charge in [-0.25, -0.2) is 0 Å². The second kappa shape index (κ2) is 9.05. The Bertz CT molecular complexity index is 989. The highest BCUT2D eigenvalue weighted by Crippen LogP contribution is 2.42. The van der Waals surface area contributed by atoms with Gasteiger partial charge in [0.25, 0.3) is 8.32 Å². The fourth-order valence-corrected chi connectivity index (χ4v) is 9.69. The van der Waals surface area contributed by atoms with Gasteiger partial charge in [-0.1, -0.05) is 119 Å². The largest absolute Gasteiger partial charge is 0.457 e. The molecule has 3 aromatic carbocycles. The summed E-state index contributed by atoms with van der Waals surface area (Å²) >= 11 is 0. The van der Waals surface area contributed by atoms with Gasteiger partial charge in [-0.2, -0.15) is 0 Å². The number of carbonyl (C=O) groups is 1. The maximum Gasteiger partial charge on any atom is 0.309 e. The van der Waals surface area contributed by atoms with Crippen molar-refractivity contribution < 1.29 is 14.0 Å². The average Bonchev–Trinajstić information content (AvgIpc) is 2.80. The van der Waals surface area contributed by atoms with Crippen LogP contribution in [0.15, 0.2) is 91.0 Å². The second-order valence-electron chi connectivity index (χ2n) is 9.70. The Kier molecular flexibility index (Phi) is 6.36. The molecule has 0 aromatic heterocycles. The van der Waals surface area contributed by atoms with E-state index >= 15 is 0 Å². The number of carbonyl (C=O) groups excluding carboxylic acids is 1. The van der Waals surface area contributed by atoms with Gasteiger partial charge in [0, 0.05) is 5.92 Å². The van der Waals surface area contributed by atoms with E-state index in [1.807, 2.05) is 42.5 Å². The summed E-state index contributed by atoms with van der Waals surface area (Å²) in [6.45, 7) is 8.94. The van der Waals surface area contributed by atoms with Gasteiger partial charge in [0.15, 0.2) is 0 Å². The molecule has 1 saturated heterocycles. The van der Waals surface area contributed by atoms with Crippen LogP contribution in [0.25, 0.3) is 0 Å². The van der Waals surface area contributed by atoms with Crippen LogP contribution in [0.5, 0.6) is 0 Å². The van der Waals surface area contributed by atoms with Gasteiger partial charge < -0.3 is 9.16 Å². The Balaban J connectivity index is 1.81. The SMILES string of the molecule is C[C@@H]1[C@@H](O[Si](c2ccccc2)(c2ccccc2)C(C)(C)C)CC(=O)O[C@@H]1c1ccccc1. The number of benzene rings is 3. The van der Waals surface area contributed by atoms with E-state index in [9.17, 15) is 4.79 Å². The third-order valence-electron chi connectivity index (χ3n) is 6.56. The average molecular weight is 445 g/mol. The molecule has 0 amide bonds. The molecule has 4 rings (SSSR count). The van der Waals surface area contributed by atoms with E-state index in [2.05, 4.69) is 76.2 Å². The van der Waals surface area contributed by atoms with E-state index in [1.54, 1.807) is 0 Å². The molecule has 3 aromatic rings. The monoisotopic (exact) mass is 444 g/mol. The van der Waals surface area contributed by atoms with Crippen LogP contribution in [0, 0.1) is 5.92 Å². The zero-order valence-electron chi connectivity index (χ0n) is 19.3. The van der Waals surface area contributed by atoms with Crippen LogP contribution in [0.2, 0.25) is 5.04 Å². The van der Waals surface area contributed by atoms with E-state index in [0.717, 1.165) is 5.56 Å². The highest BCUT2D eigenvalue weighted by Gasteiger charge is 2.53. The van der Waals surface area contributed by atoms with Crippen LogP contribution < -0.4 is 10.4 Å².